The summed E-state index contributed by atoms with van der Waals surface area (Å²) in [6.07, 6.45) is 5.39. The Morgan fingerprint density at radius 2 is 2.10 bits per heavy atom. The fraction of sp³-hybridized carbons (Fsp3) is 0.647. The zero-order valence-corrected chi connectivity index (χ0v) is 12.5. The minimum absolute atomic E-state index is 0.690. The molecule has 1 saturated carbocycles. The predicted molar refractivity (Wildman–Crippen MR) is 82.1 cm³/mol. The highest BCUT2D eigenvalue weighted by molar-refractivity contribution is 5.33. The van der Waals surface area contributed by atoms with Gasteiger partial charge in [-0.25, -0.2) is 0 Å². The first-order valence-corrected chi connectivity index (χ1v) is 8.05. The van der Waals surface area contributed by atoms with Gasteiger partial charge in [-0.15, -0.1) is 0 Å². The van der Waals surface area contributed by atoms with E-state index in [1.807, 2.05) is 0 Å². The molecule has 2 aliphatic rings. The van der Waals surface area contributed by atoms with Gasteiger partial charge in [0.05, 0.1) is 6.61 Å². The number of hydrogen-bond acceptors (Lipinski definition) is 3. The molecular weight excluding hydrogens is 248 g/mol. The quantitative estimate of drug-likeness (QED) is 0.827. The first-order valence-electron chi connectivity index (χ1n) is 8.05. The maximum atomic E-state index is 5.77. The topological polar surface area (TPSA) is 24.5 Å². The van der Waals surface area contributed by atoms with Crippen LogP contribution in [-0.2, 0) is 6.54 Å². The van der Waals surface area contributed by atoms with Crippen LogP contribution in [0.1, 0.15) is 38.2 Å². The molecule has 3 rings (SSSR count). The molecule has 0 aromatic heterocycles. The summed E-state index contributed by atoms with van der Waals surface area (Å²) in [6.45, 7) is 6.20. The second-order valence-electron chi connectivity index (χ2n) is 5.99. The average Bonchev–Trinajstić information content (AvgIpc) is 3.19. The van der Waals surface area contributed by atoms with Crippen molar-refractivity contribution in [3.63, 3.8) is 0 Å². The van der Waals surface area contributed by atoms with E-state index in [1.54, 1.807) is 0 Å². The van der Waals surface area contributed by atoms with Crippen LogP contribution < -0.4 is 10.1 Å². The Morgan fingerprint density at radius 3 is 2.80 bits per heavy atom. The number of nitrogens with one attached hydrogen (secondary N) is 1. The molecule has 1 N–H and O–H groups in total. The average molecular weight is 274 g/mol. The summed E-state index contributed by atoms with van der Waals surface area (Å²) in [7, 11) is 0. The van der Waals surface area contributed by atoms with Gasteiger partial charge in [0.15, 0.2) is 0 Å². The number of rotatable bonds is 7. The molecule has 110 valence electrons. The lowest BCUT2D eigenvalue weighted by molar-refractivity contribution is 0.226. The smallest absolute Gasteiger partial charge is 0.123 e. The lowest BCUT2D eigenvalue weighted by Crippen LogP contribution is -2.38. The van der Waals surface area contributed by atoms with E-state index in [4.69, 9.17) is 4.74 Å². The SMILES string of the molecule is CCOc1ccccc1CN(CC1CCCN1)C1CC1. The molecule has 2 fully saturated rings. The van der Waals surface area contributed by atoms with Gasteiger partial charge >= 0.3 is 0 Å². The van der Waals surface area contributed by atoms with E-state index < -0.39 is 0 Å². The summed E-state index contributed by atoms with van der Waals surface area (Å²) >= 11 is 0. The fourth-order valence-corrected chi connectivity index (χ4v) is 3.13. The molecule has 3 heteroatoms. The second-order valence-corrected chi connectivity index (χ2v) is 5.99. The third-order valence-electron chi connectivity index (χ3n) is 4.33. The standard InChI is InChI=1S/C17H26N2O/c1-2-20-17-8-4-3-6-14(17)12-19(16-9-10-16)13-15-7-5-11-18-15/h3-4,6,8,15-16,18H,2,5,7,9-13H2,1H3. The monoisotopic (exact) mass is 274 g/mol. The van der Waals surface area contributed by atoms with Gasteiger partial charge in [-0.05, 0) is 45.2 Å². The highest BCUT2D eigenvalue weighted by atomic mass is 16.5. The van der Waals surface area contributed by atoms with E-state index in [-0.39, 0.29) is 0 Å². The zero-order valence-electron chi connectivity index (χ0n) is 12.5. The molecule has 3 nitrogen and oxygen atoms in total. The van der Waals surface area contributed by atoms with Crippen LogP contribution >= 0.6 is 0 Å². The van der Waals surface area contributed by atoms with Gasteiger partial charge in [0.1, 0.15) is 5.75 Å². The highest BCUT2D eigenvalue weighted by Gasteiger charge is 2.31. The Hall–Kier alpha value is -1.06. The van der Waals surface area contributed by atoms with Crippen LogP contribution in [0, 0.1) is 0 Å². The summed E-state index contributed by atoms with van der Waals surface area (Å²) < 4.78 is 5.77. The van der Waals surface area contributed by atoms with Crippen molar-refractivity contribution < 1.29 is 4.74 Å². The molecule has 0 bridgehead atoms. The molecule has 0 spiro atoms. The minimum Gasteiger partial charge on any atom is -0.494 e. The van der Waals surface area contributed by atoms with Gasteiger partial charge in [-0.3, -0.25) is 4.90 Å². The molecule has 1 saturated heterocycles. The maximum absolute atomic E-state index is 5.77. The summed E-state index contributed by atoms with van der Waals surface area (Å²) in [5.41, 5.74) is 1.33. The van der Waals surface area contributed by atoms with Crippen molar-refractivity contribution >= 4 is 0 Å². The molecule has 1 aromatic carbocycles. The van der Waals surface area contributed by atoms with E-state index >= 15 is 0 Å². The molecule has 0 radical (unpaired) electrons. The maximum Gasteiger partial charge on any atom is 0.123 e. The van der Waals surface area contributed by atoms with Crippen LogP contribution in [0.2, 0.25) is 0 Å². The minimum atomic E-state index is 0.690. The van der Waals surface area contributed by atoms with E-state index in [2.05, 4.69) is 41.4 Å². The third-order valence-corrected chi connectivity index (χ3v) is 4.33. The van der Waals surface area contributed by atoms with Crippen LogP contribution in [0.15, 0.2) is 24.3 Å². The van der Waals surface area contributed by atoms with Crippen LogP contribution in [0.5, 0.6) is 5.75 Å². The molecule has 1 aliphatic heterocycles. The molecule has 1 unspecified atom stereocenters. The van der Waals surface area contributed by atoms with Crippen molar-refractivity contribution in [3.05, 3.63) is 29.8 Å². The summed E-state index contributed by atoms with van der Waals surface area (Å²) in [5.74, 6) is 1.06. The third kappa shape index (κ3) is 3.53. The first-order chi connectivity index (χ1) is 9.86. The molecule has 1 atom stereocenters. The predicted octanol–water partition coefficient (Wildman–Crippen LogP) is 2.80. The van der Waals surface area contributed by atoms with Gasteiger partial charge in [-0.1, -0.05) is 18.2 Å². The van der Waals surface area contributed by atoms with Crippen molar-refractivity contribution in [1.82, 2.24) is 10.2 Å². The Kier molecular flexibility index (Phi) is 4.58. The zero-order chi connectivity index (χ0) is 13.8. The Bertz CT molecular complexity index is 425. The van der Waals surface area contributed by atoms with E-state index in [0.717, 1.165) is 24.9 Å². The largest absolute Gasteiger partial charge is 0.494 e. The van der Waals surface area contributed by atoms with Crippen LogP contribution in [0.4, 0.5) is 0 Å². The molecule has 1 aliphatic carbocycles. The van der Waals surface area contributed by atoms with Crippen molar-refractivity contribution in [2.75, 3.05) is 19.7 Å². The summed E-state index contributed by atoms with van der Waals surface area (Å²) in [6, 6.07) is 9.98. The lowest BCUT2D eigenvalue weighted by Gasteiger charge is -2.26. The number of nitrogens with zero attached hydrogens (tertiary/aromatic N) is 1. The summed E-state index contributed by atoms with van der Waals surface area (Å²) in [5, 5.41) is 3.62. The van der Waals surface area contributed by atoms with Crippen LogP contribution in [0.25, 0.3) is 0 Å². The molecule has 1 aromatic rings. The molecule has 0 amide bonds. The normalized spacial score (nSPS) is 22.4. The van der Waals surface area contributed by atoms with Gasteiger partial charge < -0.3 is 10.1 Å². The van der Waals surface area contributed by atoms with Gasteiger partial charge in [0, 0.05) is 30.7 Å². The number of para-hydroxylation sites is 1. The van der Waals surface area contributed by atoms with Crippen molar-refractivity contribution in [1.29, 1.82) is 0 Å². The second kappa shape index (κ2) is 6.59. The Balaban J connectivity index is 1.66. The van der Waals surface area contributed by atoms with Crippen molar-refractivity contribution in [2.45, 2.75) is 51.2 Å². The first kappa shape index (κ1) is 13.9. The Morgan fingerprint density at radius 1 is 1.25 bits per heavy atom. The van der Waals surface area contributed by atoms with Gasteiger partial charge in [0.2, 0.25) is 0 Å². The Labute approximate surface area is 122 Å². The highest BCUT2D eigenvalue weighted by Crippen LogP contribution is 2.31. The van der Waals surface area contributed by atoms with Crippen molar-refractivity contribution in [3.8, 4) is 5.75 Å². The van der Waals surface area contributed by atoms with Crippen LogP contribution in [0.3, 0.4) is 0 Å². The number of benzene rings is 1. The number of hydrogen-bond donors (Lipinski definition) is 1. The van der Waals surface area contributed by atoms with Gasteiger partial charge in [-0.2, -0.15) is 0 Å². The molecule has 1 heterocycles. The van der Waals surface area contributed by atoms with E-state index in [1.165, 1.54) is 44.3 Å². The van der Waals surface area contributed by atoms with Gasteiger partial charge in [0.25, 0.3) is 0 Å². The van der Waals surface area contributed by atoms with E-state index in [0.29, 0.717) is 6.04 Å². The lowest BCUT2D eigenvalue weighted by atomic mass is 10.1. The molecular formula is C17H26N2O. The van der Waals surface area contributed by atoms with Crippen molar-refractivity contribution in [2.24, 2.45) is 0 Å². The fourth-order valence-electron chi connectivity index (χ4n) is 3.13. The van der Waals surface area contributed by atoms with Crippen LogP contribution in [-0.4, -0.2) is 36.7 Å². The molecule has 20 heavy (non-hydrogen) atoms. The number of ether oxygens (including phenoxy) is 1. The van der Waals surface area contributed by atoms with E-state index in [9.17, 15) is 0 Å². The summed E-state index contributed by atoms with van der Waals surface area (Å²) in [4.78, 5) is 2.65.